The van der Waals surface area contributed by atoms with Crippen LogP contribution in [-0.4, -0.2) is 45.0 Å². The van der Waals surface area contributed by atoms with Gasteiger partial charge in [0.15, 0.2) is 6.61 Å². The van der Waals surface area contributed by atoms with Crippen LogP contribution in [0.15, 0.2) is 30.9 Å². The normalized spacial score (nSPS) is 18.3. The van der Waals surface area contributed by atoms with Crippen LogP contribution in [0.5, 0.6) is 5.75 Å². The molecule has 1 saturated carbocycles. The molecule has 1 heterocycles. The van der Waals surface area contributed by atoms with Gasteiger partial charge in [0.25, 0.3) is 0 Å². The fraction of sp³-hybridized carbons (Fsp3) is 0.529. The van der Waals surface area contributed by atoms with Crippen molar-refractivity contribution in [3.05, 3.63) is 41.4 Å². The van der Waals surface area contributed by atoms with E-state index in [2.05, 4.69) is 14.8 Å². The van der Waals surface area contributed by atoms with Crippen LogP contribution >= 0.6 is 11.6 Å². The third kappa shape index (κ3) is 3.94. The van der Waals surface area contributed by atoms with Crippen LogP contribution in [0.1, 0.15) is 18.4 Å². The monoisotopic (exact) mass is 461 g/mol. The molecule has 1 aliphatic rings. The molecule has 1 aromatic carbocycles. The van der Waals surface area contributed by atoms with Crippen LogP contribution in [0.25, 0.3) is 0 Å². The van der Waals surface area contributed by atoms with Crippen molar-refractivity contribution in [1.82, 2.24) is 14.8 Å². The fourth-order valence-electron chi connectivity index (χ4n) is 3.26. The molecule has 166 valence electrons. The highest BCUT2D eigenvalue weighted by Gasteiger charge is 2.74. The van der Waals surface area contributed by atoms with Crippen molar-refractivity contribution in [1.29, 1.82) is 0 Å². The lowest BCUT2D eigenvalue weighted by molar-refractivity contribution is -0.250. The fourth-order valence-corrected chi connectivity index (χ4v) is 3.59. The first-order valence-corrected chi connectivity index (χ1v) is 8.90. The van der Waals surface area contributed by atoms with E-state index in [0.29, 0.717) is 0 Å². The summed E-state index contributed by atoms with van der Waals surface area (Å²) in [4.78, 5) is 3.64. The van der Waals surface area contributed by atoms with Crippen molar-refractivity contribution in [2.75, 3.05) is 6.61 Å². The Bertz CT molecular complexity index is 888. The summed E-state index contributed by atoms with van der Waals surface area (Å²) >= 11 is 6.06. The highest BCUT2D eigenvalue weighted by Crippen LogP contribution is 2.67. The zero-order valence-electron chi connectivity index (χ0n) is 15.0. The molecule has 1 N–H and O–H groups in total. The van der Waals surface area contributed by atoms with E-state index >= 15 is 0 Å². The number of aromatic nitrogens is 3. The summed E-state index contributed by atoms with van der Waals surface area (Å²) in [6.45, 7) is -2.29. The van der Waals surface area contributed by atoms with Crippen molar-refractivity contribution >= 4 is 11.6 Å². The van der Waals surface area contributed by atoms with Crippen LogP contribution < -0.4 is 4.74 Å². The molecule has 30 heavy (non-hydrogen) atoms. The molecule has 0 aliphatic heterocycles. The van der Waals surface area contributed by atoms with E-state index in [9.17, 15) is 35.8 Å². The minimum Gasteiger partial charge on any atom is -0.487 e. The van der Waals surface area contributed by atoms with Crippen molar-refractivity contribution in [2.24, 2.45) is 5.41 Å². The average Bonchev–Trinajstić information content (AvgIpc) is 3.34. The first-order valence-electron chi connectivity index (χ1n) is 8.53. The predicted molar refractivity (Wildman–Crippen MR) is 89.5 cm³/mol. The van der Waals surface area contributed by atoms with E-state index in [-0.39, 0.29) is 24.2 Å². The second-order valence-electron chi connectivity index (χ2n) is 7.03. The Kier molecular flexibility index (Phi) is 5.69. The first-order chi connectivity index (χ1) is 13.8. The summed E-state index contributed by atoms with van der Waals surface area (Å²) in [5.74, 6) is -4.79. The molecule has 0 spiro atoms. The molecule has 3 rings (SSSR count). The van der Waals surface area contributed by atoms with Gasteiger partial charge in [-0.3, -0.25) is 0 Å². The quantitative estimate of drug-likeness (QED) is 0.590. The molecule has 0 amide bonds. The van der Waals surface area contributed by atoms with Gasteiger partial charge in [-0.25, -0.2) is 18.4 Å². The van der Waals surface area contributed by atoms with Gasteiger partial charge in [0.2, 0.25) is 0 Å². The van der Waals surface area contributed by atoms with Crippen molar-refractivity contribution in [2.45, 2.75) is 43.5 Å². The van der Waals surface area contributed by atoms with E-state index in [1.807, 2.05) is 0 Å². The zero-order chi connectivity index (χ0) is 22.4. The lowest BCUT2D eigenvalue weighted by Crippen LogP contribution is -2.49. The Morgan fingerprint density at radius 2 is 1.87 bits per heavy atom. The molecule has 5 nitrogen and oxygen atoms in total. The van der Waals surface area contributed by atoms with Gasteiger partial charge in [-0.1, -0.05) is 17.7 Å². The average molecular weight is 462 g/mol. The molecule has 1 fully saturated rings. The molecule has 13 heteroatoms. The number of hydrogen-bond donors (Lipinski definition) is 1. The van der Waals surface area contributed by atoms with Gasteiger partial charge < -0.3 is 9.84 Å². The third-order valence-corrected chi connectivity index (χ3v) is 5.39. The molecule has 1 aromatic heterocycles. The lowest BCUT2D eigenvalue weighted by Gasteiger charge is -2.38. The van der Waals surface area contributed by atoms with Crippen molar-refractivity contribution < 1.29 is 40.6 Å². The first kappa shape index (κ1) is 22.6. The number of ether oxygens (including phenoxy) is 1. The Hall–Kier alpha value is -2.08. The summed E-state index contributed by atoms with van der Waals surface area (Å²) in [6, 6.07) is 2.85. The van der Waals surface area contributed by atoms with Gasteiger partial charge >= 0.3 is 18.5 Å². The predicted octanol–water partition coefficient (Wildman–Crippen LogP) is 4.44. The number of rotatable bonds is 8. The van der Waals surface area contributed by atoms with Gasteiger partial charge in [0.05, 0.1) is 11.6 Å². The highest BCUT2D eigenvalue weighted by molar-refractivity contribution is 6.31. The number of hydrogen-bond acceptors (Lipinski definition) is 4. The minimum absolute atomic E-state index is 0.331. The van der Waals surface area contributed by atoms with E-state index < -0.39 is 47.7 Å². The van der Waals surface area contributed by atoms with Crippen LogP contribution in [0.4, 0.5) is 30.7 Å². The van der Waals surface area contributed by atoms with Gasteiger partial charge in [-0.2, -0.15) is 27.1 Å². The summed E-state index contributed by atoms with van der Waals surface area (Å²) in [5, 5.41) is 14.5. The smallest absolute Gasteiger partial charge is 0.397 e. The summed E-state index contributed by atoms with van der Waals surface area (Å²) in [7, 11) is 0. The van der Waals surface area contributed by atoms with Gasteiger partial charge in [-0.05, 0) is 25.0 Å². The van der Waals surface area contributed by atoms with Gasteiger partial charge in [0, 0.05) is 5.56 Å². The largest absolute Gasteiger partial charge is 0.487 e. The summed E-state index contributed by atoms with van der Waals surface area (Å²) in [6.07, 6.45) is -7.26. The Morgan fingerprint density at radius 1 is 1.20 bits per heavy atom. The molecule has 1 unspecified atom stereocenters. The maximum absolute atomic E-state index is 13.8. The number of aliphatic hydroxyl groups is 1. The van der Waals surface area contributed by atoms with E-state index in [0.717, 1.165) is 35.5 Å². The maximum Gasteiger partial charge on any atom is 0.397 e. The van der Waals surface area contributed by atoms with Gasteiger partial charge in [0.1, 0.15) is 29.4 Å². The Balaban J connectivity index is 1.95. The molecule has 1 atom stereocenters. The van der Waals surface area contributed by atoms with Crippen molar-refractivity contribution in [3.8, 4) is 5.75 Å². The number of halogens is 8. The SMILES string of the molecule is OC(Cn1cncn1)(c1ccc(OCC(F)(F)C(F)F)cc1Cl)C1(C(F)(F)F)CC1. The number of nitrogens with zero attached hydrogens (tertiary/aromatic N) is 3. The standard InChI is InChI=1S/C17H15ClF7N3O2/c18-12-5-10(30-7-16(21,22)13(19)20)1-2-11(12)15(29,6-28-9-26-8-27-28)14(3-4-14)17(23,24)25/h1-2,5,8-9,13,29H,3-4,6-7H2. The van der Waals surface area contributed by atoms with Crippen LogP contribution in [-0.2, 0) is 12.1 Å². The van der Waals surface area contributed by atoms with Gasteiger partial charge in [-0.15, -0.1) is 0 Å². The summed E-state index contributed by atoms with van der Waals surface area (Å²) in [5.41, 5.74) is -5.38. The molecule has 2 aromatic rings. The third-order valence-electron chi connectivity index (χ3n) is 5.08. The Labute approximate surface area is 170 Å². The second-order valence-corrected chi connectivity index (χ2v) is 7.43. The number of benzene rings is 1. The number of alkyl halides is 7. The van der Waals surface area contributed by atoms with Crippen LogP contribution in [0.2, 0.25) is 5.02 Å². The molecule has 0 bridgehead atoms. The van der Waals surface area contributed by atoms with E-state index in [1.54, 1.807) is 0 Å². The maximum atomic E-state index is 13.8. The van der Waals surface area contributed by atoms with Crippen molar-refractivity contribution in [3.63, 3.8) is 0 Å². The molecule has 0 radical (unpaired) electrons. The van der Waals surface area contributed by atoms with E-state index in [4.69, 9.17) is 11.6 Å². The minimum atomic E-state index is -4.78. The topological polar surface area (TPSA) is 60.2 Å². The molecular weight excluding hydrogens is 447 g/mol. The summed E-state index contributed by atoms with van der Waals surface area (Å²) < 4.78 is 97.6. The molecule has 1 aliphatic carbocycles. The van der Waals surface area contributed by atoms with Crippen LogP contribution in [0.3, 0.4) is 0 Å². The molecular formula is C17H15ClF7N3O2. The van der Waals surface area contributed by atoms with E-state index in [1.165, 1.54) is 0 Å². The Morgan fingerprint density at radius 3 is 2.33 bits per heavy atom. The lowest BCUT2D eigenvalue weighted by atomic mass is 9.77. The highest BCUT2D eigenvalue weighted by atomic mass is 35.5. The molecule has 0 saturated heterocycles. The zero-order valence-corrected chi connectivity index (χ0v) is 15.8. The second kappa shape index (κ2) is 7.56. The van der Waals surface area contributed by atoms with Crippen LogP contribution in [0, 0.1) is 5.41 Å².